The van der Waals surface area contributed by atoms with Crippen LogP contribution in [0.25, 0.3) is 6.08 Å². The van der Waals surface area contributed by atoms with Gasteiger partial charge in [0.25, 0.3) is 0 Å². The Balaban J connectivity index is 1.71. The maximum absolute atomic E-state index is 11.6. The second-order valence-electron chi connectivity index (χ2n) is 4.42. The number of amides is 1. The van der Waals surface area contributed by atoms with Crippen LogP contribution in [0.3, 0.4) is 0 Å². The molecule has 104 valence electrons. The van der Waals surface area contributed by atoms with E-state index in [-0.39, 0.29) is 5.91 Å². The van der Waals surface area contributed by atoms with Crippen molar-refractivity contribution in [2.45, 2.75) is 13.0 Å². The Bertz CT molecular complexity index is 576. The number of aromatic nitrogens is 1. The van der Waals surface area contributed by atoms with Gasteiger partial charge in [0.2, 0.25) is 5.91 Å². The van der Waals surface area contributed by atoms with Crippen LogP contribution in [0.2, 0.25) is 5.02 Å². The van der Waals surface area contributed by atoms with E-state index in [0.29, 0.717) is 11.6 Å². The average molecular weight is 289 g/mol. The van der Waals surface area contributed by atoms with Crippen molar-refractivity contribution in [2.24, 2.45) is 0 Å². The van der Waals surface area contributed by atoms with Crippen LogP contribution >= 0.6 is 11.6 Å². The molecule has 0 saturated heterocycles. The molecule has 0 bridgehead atoms. The number of nitrogens with zero attached hydrogens (tertiary/aromatic N) is 1. The van der Waals surface area contributed by atoms with Crippen LogP contribution in [0.15, 0.2) is 54.9 Å². The van der Waals surface area contributed by atoms with Crippen LogP contribution < -0.4 is 5.32 Å². The van der Waals surface area contributed by atoms with Crippen LogP contribution in [-0.4, -0.2) is 17.0 Å². The second-order valence-corrected chi connectivity index (χ2v) is 4.83. The van der Waals surface area contributed by atoms with Crippen LogP contribution in [-0.2, 0) is 11.3 Å². The van der Waals surface area contributed by atoms with E-state index in [4.69, 9.17) is 11.6 Å². The zero-order valence-corrected chi connectivity index (χ0v) is 11.9. The summed E-state index contributed by atoms with van der Waals surface area (Å²) < 4.78 is 2.09. The summed E-state index contributed by atoms with van der Waals surface area (Å²) in [4.78, 5) is 11.6. The molecule has 0 aliphatic rings. The number of carbonyl (C=O) groups is 1. The van der Waals surface area contributed by atoms with Crippen molar-refractivity contribution in [1.29, 1.82) is 0 Å². The third-order valence-corrected chi connectivity index (χ3v) is 3.22. The lowest BCUT2D eigenvalue weighted by molar-refractivity contribution is -0.116. The Morgan fingerprint density at radius 3 is 2.70 bits per heavy atom. The van der Waals surface area contributed by atoms with Crippen molar-refractivity contribution in [3.05, 3.63) is 65.5 Å². The molecule has 0 radical (unpaired) electrons. The Morgan fingerprint density at radius 1 is 1.20 bits per heavy atom. The van der Waals surface area contributed by atoms with E-state index in [0.717, 1.165) is 18.5 Å². The van der Waals surface area contributed by atoms with Gasteiger partial charge in [-0.25, -0.2) is 0 Å². The molecule has 0 atom stereocenters. The number of hydrogen-bond acceptors (Lipinski definition) is 1. The maximum atomic E-state index is 11.6. The van der Waals surface area contributed by atoms with E-state index in [1.807, 2.05) is 42.7 Å². The molecular formula is C16H17ClN2O. The summed E-state index contributed by atoms with van der Waals surface area (Å²) in [7, 11) is 0. The van der Waals surface area contributed by atoms with Gasteiger partial charge in [0.05, 0.1) is 0 Å². The molecule has 1 N–H and O–H groups in total. The Hall–Kier alpha value is -2.00. The summed E-state index contributed by atoms with van der Waals surface area (Å²) in [6.45, 7) is 1.56. The third kappa shape index (κ3) is 4.59. The second kappa shape index (κ2) is 7.56. The maximum Gasteiger partial charge on any atom is 0.244 e. The summed E-state index contributed by atoms with van der Waals surface area (Å²) in [6.07, 6.45) is 8.17. The molecule has 1 heterocycles. The summed E-state index contributed by atoms with van der Waals surface area (Å²) in [5.41, 5.74) is 0.844. The van der Waals surface area contributed by atoms with Crippen molar-refractivity contribution in [3.8, 4) is 0 Å². The number of benzene rings is 1. The quantitative estimate of drug-likeness (QED) is 0.642. The largest absolute Gasteiger partial charge is 0.354 e. The fraction of sp³-hybridized carbons (Fsp3) is 0.188. The van der Waals surface area contributed by atoms with Crippen molar-refractivity contribution in [1.82, 2.24) is 9.88 Å². The molecule has 4 heteroatoms. The minimum Gasteiger partial charge on any atom is -0.354 e. The van der Waals surface area contributed by atoms with E-state index in [1.54, 1.807) is 12.1 Å². The van der Waals surface area contributed by atoms with Gasteiger partial charge in [-0.1, -0.05) is 29.8 Å². The highest BCUT2D eigenvalue weighted by Crippen LogP contribution is 2.15. The smallest absolute Gasteiger partial charge is 0.244 e. The summed E-state index contributed by atoms with van der Waals surface area (Å²) in [6, 6.07) is 11.4. The molecule has 20 heavy (non-hydrogen) atoms. The molecule has 0 unspecified atom stereocenters. The van der Waals surface area contributed by atoms with Gasteiger partial charge in [-0.15, -0.1) is 0 Å². The minimum absolute atomic E-state index is 0.0996. The molecule has 0 aliphatic carbocycles. The number of carbonyl (C=O) groups excluding carboxylic acids is 1. The van der Waals surface area contributed by atoms with Gasteiger partial charge < -0.3 is 9.88 Å². The van der Waals surface area contributed by atoms with E-state index in [9.17, 15) is 4.79 Å². The fourth-order valence-corrected chi connectivity index (χ4v) is 2.03. The monoisotopic (exact) mass is 288 g/mol. The molecule has 1 amide bonds. The predicted molar refractivity (Wildman–Crippen MR) is 82.5 cm³/mol. The highest BCUT2D eigenvalue weighted by molar-refractivity contribution is 6.32. The number of halogens is 1. The first-order chi connectivity index (χ1) is 9.75. The van der Waals surface area contributed by atoms with Gasteiger partial charge in [-0.3, -0.25) is 4.79 Å². The van der Waals surface area contributed by atoms with Crippen LogP contribution in [0, 0.1) is 0 Å². The van der Waals surface area contributed by atoms with E-state index in [1.165, 1.54) is 6.08 Å². The Morgan fingerprint density at radius 2 is 1.95 bits per heavy atom. The van der Waals surface area contributed by atoms with Crippen LogP contribution in [0.4, 0.5) is 0 Å². The molecule has 3 nitrogen and oxygen atoms in total. The molecule has 1 aromatic heterocycles. The number of aryl methyl sites for hydroxylation is 1. The van der Waals surface area contributed by atoms with Gasteiger partial charge in [-0.2, -0.15) is 0 Å². The topological polar surface area (TPSA) is 34.0 Å². The van der Waals surface area contributed by atoms with Crippen LogP contribution in [0.1, 0.15) is 12.0 Å². The van der Waals surface area contributed by atoms with Gasteiger partial charge >= 0.3 is 0 Å². The van der Waals surface area contributed by atoms with Crippen molar-refractivity contribution in [2.75, 3.05) is 6.54 Å². The number of rotatable bonds is 6. The Labute approximate surface area is 123 Å². The molecule has 0 saturated carbocycles. The van der Waals surface area contributed by atoms with E-state index in [2.05, 4.69) is 9.88 Å². The van der Waals surface area contributed by atoms with E-state index >= 15 is 0 Å². The molecule has 0 aliphatic heterocycles. The predicted octanol–water partition coefficient (Wildman–Crippen LogP) is 3.36. The van der Waals surface area contributed by atoms with Crippen LogP contribution in [0.5, 0.6) is 0 Å². The first-order valence-corrected chi connectivity index (χ1v) is 6.95. The molecule has 0 fully saturated rings. The molecule has 0 spiro atoms. The van der Waals surface area contributed by atoms with Gasteiger partial charge in [0, 0.05) is 36.6 Å². The van der Waals surface area contributed by atoms with Gasteiger partial charge in [-0.05, 0) is 36.3 Å². The normalized spacial score (nSPS) is 10.8. The minimum atomic E-state index is -0.0996. The zero-order chi connectivity index (χ0) is 14.2. The highest BCUT2D eigenvalue weighted by atomic mass is 35.5. The molecule has 2 rings (SSSR count). The lowest BCUT2D eigenvalue weighted by Crippen LogP contribution is -2.22. The molecule has 2 aromatic rings. The first-order valence-electron chi connectivity index (χ1n) is 6.57. The third-order valence-electron chi connectivity index (χ3n) is 2.88. The Kier molecular flexibility index (Phi) is 5.44. The van der Waals surface area contributed by atoms with Crippen molar-refractivity contribution in [3.63, 3.8) is 0 Å². The van der Waals surface area contributed by atoms with Gasteiger partial charge in [0.15, 0.2) is 0 Å². The highest BCUT2D eigenvalue weighted by Gasteiger charge is 1.97. The molecule has 1 aromatic carbocycles. The molecular weight excluding hydrogens is 272 g/mol. The van der Waals surface area contributed by atoms with Gasteiger partial charge in [0.1, 0.15) is 0 Å². The summed E-state index contributed by atoms with van der Waals surface area (Å²) in [5, 5.41) is 3.50. The fourth-order valence-electron chi connectivity index (χ4n) is 1.83. The first kappa shape index (κ1) is 14.4. The SMILES string of the molecule is O=C(/C=C/c1ccccc1Cl)NCCCn1cccc1. The van der Waals surface area contributed by atoms with Crippen molar-refractivity contribution >= 4 is 23.6 Å². The lowest BCUT2D eigenvalue weighted by atomic mass is 10.2. The van der Waals surface area contributed by atoms with E-state index < -0.39 is 0 Å². The average Bonchev–Trinajstić information content (AvgIpc) is 2.96. The lowest BCUT2D eigenvalue weighted by Gasteiger charge is -2.03. The van der Waals surface area contributed by atoms with Crippen molar-refractivity contribution < 1.29 is 4.79 Å². The number of hydrogen-bond donors (Lipinski definition) is 1. The summed E-state index contributed by atoms with van der Waals surface area (Å²) >= 11 is 6.01. The zero-order valence-electron chi connectivity index (χ0n) is 11.1. The summed E-state index contributed by atoms with van der Waals surface area (Å²) in [5.74, 6) is -0.0996. The standard InChI is InChI=1S/C16H17ClN2O/c17-15-7-2-1-6-14(15)8-9-16(20)18-10-5-13-19-11-3-4-12-19/h1-4,6-9,11-12H,5,10,13H2,(H,18,20)/b9-8+. The number of nitrogens with one attached hydrogen (secondary N) is 1.